The number of carbonyl (C=O) groups is 1. The van der Waals surface area contributed by atoms with Crippen LogP contribution in [0, 0.1) is 11.8 Å². The molecule has 0 aliphatic carbocycles. The largest absolute Gasteiger partial charge is 0.497 e. The summed E-state index contributed by atoms with van der Waals surface area (Å²) in [7, 11) is 4.96. The topological polar surface area (TPSA) is 66.4 Å². The van der Waals surface area contributed by atoms with Crippen LogP contribution in [-0.4, -0.2) is 75.7 Å². The average molecular weight is 530 g/mol. The average Bonchev–Trinajstić information content (AvgIpc) is 3.41. The van der Waals surface area contributed by atoms with Gasteiger partial charge in [0.05, 0.1) is 26.2 Å². The number of likely N-dealkylation sites (tertiary alicyclic amines) is 2. The minimum absolute atomic E-state index is 0. The van der Waals surface area contributed by atoms with Gasteiger partial charge in [-0.05, 0) is 49.5 Å². The molecule has 1 aromatic carbocycles. The van der Waals surface area contributed by atoms with Crippen molar-refractivity contribution in [3.8, 4) is 5.75 Å². The van der Waals surface area contributed by atoms with Crippen LogP contribution in [0.3, 0.4) is 0 Å². The molecule has 2 heterocycles. The molecule has 3 rings (SSSR count). The van der Waals surface area contributed by atoms with E-state index in [1.165, 1.54) is 25.5 Å². The van der Waals surface area contributed by atoms with Gasteiger partial charge >= 0.3 is 5.97 Å². The molecule has 0 aromatic heterocycles. The number of guanidine groups is 1. The second kappa shape index (κ2) is 11.7. The van der Waals surface area contributed by atoms with Gasteiger partial charge in [0.2, 0.25) is 0 Å². The highest BCUT2D eigenvalue weighted by Crippen LogP contribution is 2.28. The third-order valence-corrected chi connectivity index (χ3v) is 6.14. The third kappa shape index (κ3) is 5.78. The number of nitrogens with one attached hydrogen (secondary N) is 1. The molecule has 30 heavy (non-hydrogen) atoms. The van der Waals surface area contributed by atoms with Crippen LogP contribution in [0.4, 0.5) is 0 Å². The third-order valence-electron chi connectivity index (χ3n) is 6.14. The molecule has 2 aliphatic heterocycles. The number of ether oxygens (including phenoxy) is 2. The van der Waals surface area contributed by atoms with Gasteiger partial charge in [0.1, 0.15) is 5.75 Å². The van der Waals surface area contributed by atoms with E-state index in [1.807, 2.05) is 6.07 Å². The Labute approximate surface area is 197 Å². The minimum atomic E-state index is -0.137. The molecule has 1 aromatic rings. The van der Waals surface area contributed by atoms with Gasteiger partial charge in [0.25, 0.3) is 0 Å². The summed E-state index contributed by atoms with van der Waals surface area (Å²) < 4.78 is 10.4. The fourth-order valence-electron chi connectivity index (χ4n) is 4.48. The summed E-state index contributed by atoms with van der Waals surface area (Å²) in [6.07, 6.45) is 2.47. The van der Waals surface area contributed by atoms with Crippen LogP contribution in [-0.2, 0) is 9.53 Å². The summed E-state index contributed by atoms with van der Waals surface area (Å²) in [6, 6.07) is 8.57. The number of rotatable bonds is 6. The van der Waals surface area contributed by atoms with E-state index in [1.54, 1.807) is 14.2 Å². The number of nitrogens with zero attached hydrogens (tertiary/aromatic N) is 3. The molecular formula is C22H35IN4O3. The highest BCUT2D eigenvalue weighted by Gasteiger charge is 2.37. The van der Waals surface area contributed by atoms with Crippen LogP contribution >= 0.6 is 24.0 Å². The van der Waals surface area contributed by atoms with E-state index in [-0.39, 0.29) is 47.8 Å². The Kier molecular flexibility index (Phi) is 9.67. The lowest BCUT2D eigenvalue weighted by molar-refractivity contribution is -0.145. The molecule has 2 aliphatic rings. The standard InChI is InChI=1S/C22H34N4O3.HI/c1-16-14-26(15-19(16)21(27)29-4)22(23-2)24-13-20(25-10-5-6-11-25)17-8-7-9-18(12-17)28-3;/h7-9,12,16,19-20H,5-6,10-11,13-15H2,1-4H3,(H,23,24);1H. The van der Waals surface area contributed by atoms with Crippen molar-refractivity contribution in [2.24, 2.45) is 16.8 Å². The molecule has 0 spiro atoms. The van der Waals surface area contributed by atoms with E-state index in [2.05, 4.69) is 45.2 Å². The number of benzene rings is 1. The molecule has 0 radical (unpaired) electrons. The molecule has 0 amide bonds. The summed E-state index contributed by atoms with van der Waals surface area (Å²) in [5.41, 5.74) is 1.25. The molecule has 168 valence electrons. The first-order valence-electron chi connectivity index (χ1n) is 10.5. The Balaban J connectivity index is 0.00000320. The first-order chi connectivity index (χ1) is 14.1. The van der Waals surface area contributed by atoms with Gasteiger partial charge in [-0.2, -0.15) is 0 Å². The van der Waals surface area contributed by atoms with Gasteiger partial charge in [-0.3, -0.25) is 14.7 Å². The number of methoxy groups -OCH3 is 2. The van der Waals surface area contributed by atoms with Crippen molar-refractivity contribution in [3.63, 3.8) is 0 Å². The van der Waals surface area contributed by atoms with E-state index in [9.17, 15) is 4.79 Å². The summed E-state index contributed by atoms with van der Waals surface area (Å²) in [5, 5.41) is 3.56. The van der Waals surface area contributed by atoms with Crippen molar-refractivity contribution < 1.29 is 14.3 Å². The number of hydrogen-bond donors (Lipinski definition) is 1. The second-order valence-electron chi connectivity index (χ2n) is 7.98. The maximum Gasteiger partial charge on any atom is 0.310 e. The fraction of sp³-hybridized carbons (Fsp3) is 0.636. The van der Waals surface area contributed by atoms with Crippen molar-refractivity contribution in [3.05, 3.63) is 29.8 Å². The van der Waals surface area contributed by atoms with Crippen LogP contribution in [0.1, 0.15) is 31.4 Å². The summed E-state index contributed by atoms with van der Waals surface area (Å²) in [5.74, 6) is 1.72. The van der Waals surface area contributed by atoms with Gasteiger partial charge in [0.15, 0.2) is 5.96 Å². The maximum atomic E-state index is 12.0. The van der Waals surface area contributed by atoms with Crippen molar-refractivity contribution in [2.75, 3.05) is 54.0 Å². The monoisotopic (exact) mass is 530 g/mol. The van der Waals surface area contributed by atoms with Crippen LogP contribution in [0.15, 0.2) is 29.3 Å². The lowest BCUT2D eigenvalue weighted by Gasteiger charge is -2.30. The smallest absolute Gasteiger partial charge is 0.310 e. The Bertz CT molecular complexity index is 724. The maximum absolute atomic E-state index is 12.0. The zero-order chi connectivity index (χ0) is 20.8. The van der Waals surface area contributed by atoms with Gasteiger partial charge in [-0.25, -0.2) is 0 Å². The SMILES string of the molecule is CN=C(NCC(c1cccc(OC)c1)N1CCCC1)N1CC(C)C(C(=O)OC)C1.I. The quantitative estimate of drug-likeness (QED) is 0.264. The van der Waals surface area contributed by atoms with Crippen LogP contribution in [0.5, 0.6) is 5.75 Å². The van der Waals surface area contributed by atoms with Gasteiger partial charge in [-0.1, -0.05) is 19.1 Å². The molecule has 0 bridgehead atoms. The lowest BCUT2D eigenvalue weighted by Crippen LogP contribution is -2.44. The minimum Gasteiger partial charge on any atom is -0.497 e. The molecule has 2 saturated heterocycles. The first kappa shape index (κ1) is 24.7. The van der Waals surface area contributed by atoms with E-state index in [4.69, 9.17) is 9.47 Å². The Hall–Kier alpha value is -1.55. The molecule has 7 nitrogen and oxygen atoms in total. The molecular weight excluding hydrogens is 495 g/mol. The van der Waals surface area contributed by atoms with Gasteiger partial charge in [0, 0.05) is 26.7 Å². The van der Waals surface area contributed by atoms with Crippen molar-refractivity contribution in [2.45, 2.75) is 25.8 Å². The molecule has 3 atom stereocenters. The predicted molar refractivity (Wildman–Crippen MR) is 130 cm³/mol. The normalized spacial score (nSPS) is 23.1. The van der Waals surface area contributed by atoms with Gasteiger partial charge in [-0.15, -0.1) is 24.0 Å². The summed E-state index contributed by atoms with van der Waals surface area (Å²) in [6.45, 7) is 6.50. The molecule has 3 unspecified atom stereocenters. The van der Waals surface area contributed by atoms with Crippen molar-refractivity contribution in [1.29, 1.82) is 0 Å². The van der Waals surface area contributed by atoms with E-state index < -0.39 is 0 Å². The van der Waals surface area contributed by atoms with Crippen LogP contribution < -0.4 is 10.1 Å². The van der Waals surface area contributed by atoms with Gasteiger partial charge < -0.3 is 19.7 Å². The Morgan fingerprint density at radius 2 is 2.00 bits per heavy atom. The fourth-order valence-corrected chi connectivity index (χ4v) is 4.48. The van der Waals surface area contributed by atoms with E-state index in [0.717, 1.165) is 37.9 Å². The molecule has 8 heteroatoms. The second-order valence-corrected chi connectivity index (χ2v) is 7.98. The molecule has 0 saturated carbocycles. The Morgan fingerprint density at radius 3 is 2.63 bits per heavy atom. The highest BCUT2D eigenvalue weighted by atomic mass is 127. The molecule has 1 N–H and O–H groups in total. The van der Waals surface area contributed by atoms with E-state index >= 15 is 0 Å². The zero-order valence-corrected chi connectivity index (χ0v) is 20.8. The summed E-state index contributed by atoms with van der Waals surface area (Å²) in [4.78, 5) is 21.2. The number of carbonyl (C=O) groups excluding carboxylic acids is 1. The zero-order valence-electron chi connectivity index (χ0n) is 18.5. The van der Waals surface area contributed by atoms with Crippen molar-refractivity contribution in [1.82, 2.24) is 15.1 Å². The van der Waals surface area contributed by atoms with Crippen LogP contribution in [0.2, 0.25) is 0 Å². The van der Waals surface area contributed by atoms with Crippen molar-refractivity contribution >= 4 is 35.9 Å². The summed E-state index contributed by atoms with van der Waals surface area (Å²) >= 11 is 0. The van der Waals surface area contributed by atoms with Crippen LogP contribution in [0.25, 0.3) is 0 Å². The first-order valence-corrected chi connectivity index (χ1v) is 10.5. The Morgan fingerprint density at radius 1 is 1.27 bits per heavy atom. The predicted octanol–water partition coefficient (Wildman–Crippen LogP) is 2.77. The molecule has 2 fully saturated rings. The number of hydrogen-bond acceptors (Lipinski definition) is 5. The lowest BCUT2D eigenvalue weighted by atomic mass is 9.99. The van der Waals surface area contributed by atoms with E-state index in [0.29, 0.717) is 6.54 Å². The number of esters is 1. The number of aliphatic imine (C=N–C) groups is 1. The highest BCUT2D eigenvalue weighted by molar-refractivity contribution is 14.0. The number of halogens is 1.